The molecule has 3 nitrogen and oxygen atoms in total. The lowest BCUT2D eigenvalue weighted by Crippen LogP contribution is -2.25. The molecule has 0 aliphatic rings. The molecule has 0 bridgehead atoms. The van der Waals surface area contributed by atoms with E-state index in [1.807, 2.05) is 0 Å². The van der Waals surface area contributed by atoms with Crippen molar-refractivity contribution in [1.29, 1.82) is 0 Å². The summed E-state index contributed by atoms with van der Waals surface area (Å²) in [6.45, 7) is 3.50. The molecule has 0 aromatic heterocycles. The number of unbranched alkanes of at least 4 members (excludes halogenated alkanes) is 1. The molecule has 1 unspecified atom stereocenters. The number of hydrogen-bond donors (Lipinski definition) is 2. The minimum atomic E-state index is -0.553. The molecule has 0 amide bonds. The van der Waals surface area contributed by atoms with Gasteiger partial charge in [-0.1, -0.05) is 13.3 Å². The Hall–Kier alpha value is -0.400. The largest absolute Gasteiger partial charge is 0.389 e. The lowest BCUT2D eigenvalue weighted by atomic mass is 10.3. The average molecular weight is 367 g/mol. The maximum atomic E-state index is 12.9. The van der Waals surface area contributed by atoms with Crippen LogP contribution in [0.4, 0.5) is 10.1 Å². The van der Waals surface area contributed by atoms with Crippen LogP contribution in [0.3, 0.4) is 0 Å². The van der Waals surface area contributed by atoms with Gasteiger partial charge < -0.3 is 15.2 Å². The summed E-state index contributed by atoms with van der Waals surface area (Å²) in [5, 5.41) is 12.8. The van der Waals surface area contributed by atoms with E-state index in [9.17, 15) is 9.50 Å². The van der Waals surface area contributed by atoms with E-state index in [4.69, 9.17) is 4.74 Å². The van der Waals surface area contributed by atoms with Gasteiger partial charge in [0.05, 0.1) is 12.7 Å². The molecule has 0 saturated heterocycles. The van der Waals surface area contributed by atoms with E-state index in [1.165, 1.54) is 12.1 Å². The van der Waals surface area contributed by atoms with Crippen molar-refractivity contribution in [2.24, 2.45) is 0 Å². The van der Waals surface area contributed by atoms with Crippen LogP contribution in [0.25, 0.3) is 0 Å². The van der Waals surface area contributed by atoms with Gasteiger partial charge in [0.1, 0.15) is 5.82 Å². The summed E-state index contributed by atoms with van der Waals surface area (Å²) in [5.41, 5.74) is 0.824. The van der Waals surface area contributed by atoms with Crippen molar-refractivity contribution in [3.05, 3.63) is 27.6 Å². The molecule has 0 aliphatic carbocycles. The van der Waals surface area contributed by atoms with Crippen molar-refractivity contribution in [2.75, 3.05) is 25.1 Å². The molecule has 0 fully saturated rings. The molecular formula is C13H19FINO2. The zero-order chi connectivity index (χ0) is 13.4. The quantitative estimate of drug-likeness (QED) is 0.548. The molecule has 1 aromatic carbocycles. The van der Waals surface area contributed by atoms with Crippen molar-refractivity contribution >= 4 is 28.3 Å². The summed E-state index contributed by atoms with van der Waals surface area (Å²) in [7, 11) is 0. The predicted octanol–water partition coefficient (Wildman–Crippen LogP) is 3.02. The zero-order valence-electron chi connectivity index (χ0n) is 10.5. The number of aliphatic hydroxyl groups excluding tert-OH is 1. The third kappa shape index (κ3) is 5.97. The molecule has 1 rings (SSSR count). The Balaban J connectivity index is 2.27. The van der Waals surface area contributed by atoms with Gasteiger partial charge in [-0.15, -0.1) is 0 Å². The lowest BCUT2D eigenvalue weighted by molar-refractivity contribution is 0.0421. The highest BCUT2D eigenvalue weighted by atomic mass is 127. The van der Waals surface area contributed by atoms with E-state index < -0.39 is 6.10 Å². The van der Waals surface area contributed by atoms with E-state index in [1.54, 1.807) is 6.07 Å². The van der Waals surface area contributed by atoms with Crippen LogP contribution >= 0.6 is 22.6 Å². The summed E-state index contributed by atoms with van der Waals surface area (Å²) in [6, 6.07) is 4.52. The van der Waals surface area contributed by atoms with Gasteiger partial charge in [0.15, 0.2) is 0 Å². The predicted molar refractivity (Wildman–Crippen MR) is 79.3 cm³/mol. The number of nitrogens with one attached hydrogen (secondary N) is 1. The lowest BCUT2D eigenvalue weighted by Gasteiger charge is -2.14. The number of ether oxygens (including phenoxy) is 1. The minimum absolute atomic E-state index is 0.256. The molecule has 5 heteroatoms. The van der Waals surface area contributed by atoms with E-state index in [2.05, 4.69) is 34.8 Å². The molecule has 0 heterocycles. The summed E-state index contributed by atoms with van der Waals surface area (Å²) < 4.78 is 19.0. The van der Waals surface area contributed by atoms with Gasteiger partial charge in [-0.05, 0) is 47.2 Å². The smallest absolute Gasteiger partial charge is 0.124 e. The molecule has 0 spiro atoms. The van der Waals surface area contributed by atoms with Crippen LogP contribution in [0.5, 0.6) is 0 Å². The molecule has 1 atom stereocenters. The number of benzene rings is 1. The number of anilines is 1. The normalized spacial score (nSPS) is 12.4. The van der Waals surface area contributed by atoms with E-state index >= 15 is 0 Å². The van der Waals surface area contributed by atoms with E-state index in [0.29, 0.717) is 19.8 Å². The van der Waals surface area contributed by atoms with Gasteiger partial charge in [-0.3, -0.25) is 0 Å². The molecule has 1 aromatic rings. The molecule has 0 radical (unpaired) electrons. The van der Waals surface area contributed by atoms with Gasteiger partial charge in [0.25, 0.3) is 0 Å². The fourth-order valence-corrected chi connectivity index (χ4v) is 2.05. The second-order valence-corrected chi connectivity index (χ2v) is 5.25. The Morgan fingerprint density at radius 3 is 2.94 bits per heavy atom. The molecule has 18 heavy (non-hydrogen) atoms. The van der Waals surface area contributed by atoms with Gasteiger partial charge >= 0.3 is 0 Å². The third-order valence-corrected chi connectivity index (χ3v) is 3.30. The van der Waals surface area contributed by atoms with Gasteiger partial charge in [-0.25, -0.2) is 4.39 Å². The molecular weight excluding hydrogens is 348 g/mol. The average Bonchev–Trinajstić information content (AvgIpc) is 2.33. The molecule has 0 saturated carbocycles. The van der Waals surface area contributed by atoms with Crippen LogP contribution in [-0.2, 0) is 4.74 Å². The fraction of sp³-hybridized carbons (Fsp3) is 0.538. The summed E-state index contributed by atoms with van der Waals surface area (Å²) in [6.07, 6.45) is 1.54. The van der Waals surface area contributed by atoms with Crippen molar-refractivity contribution < 1.29 is 14.2 Å². The topological polar surface area (TPSA) is 41.5 Å². The van der Waals surface area contributed by atoms with E-state index in [0.717, 1.165) is 22.1 Å². The van der Waals surface area contributed by atoms with Crippen LogP contribution < -0.4 is 5.32 Å². The first kappa shape index (κ1) is 15.7. The van der Waals surface area contributed by atoms with Crippen LogP contribution in [0.2, 0.25) is 0 Å². The SMILES string of the molecule is CCCCOCC(O)CNc1ccc(F)cc1I. The Kier molecular flexibility index (Phi) is 7.53. The summed E-state index contributed by atoms with van der Waals surface area (Å²) in [4.78, 5) is 0. The Morgan fingerprint density at radius 1 is 1.50 bits per heavy atom. The maximum Gasteiger partial charge on any atom is 0.124 e. The van der Waals surface area contributed by atoms with Crippen molar-refractivity contribution in [1.82, 2.24) is 0 Å². The number of rotatable bonds is 8. The summed E-state index contributed by atoms with van der Waals surface area (Å²) in [5.74, 6) is -0.256. The van der Waals surface area contributed by atoms with Gasteiger partial charge in [0.2, 0.25) is 0 Å². The first-order valence-corrected chi connectivity index (χ1v) is 7.16. The Labute approximate surface area is 121 Å². The number of aliphatic hydroxyl groups is 1. The number of hydrogen-bond acceptors (Lipinski definition) is 3. The molecule has 0 aliphatic heterocycles. The van der Waals surface area contributed by atoms with Crippen LogP contribution in [-0.4, -0.2) is 31.0 Å². The van der Waals surface area contributed by atoms with Gasteiger partial charge in [-0.2, -0.15) is 0 Å². The minimum Gasteiger partial charge on any atom is -0.389 e. The standard InChI is InChI=1S/C13H19FINO2/c1-2-3-6-18-9-11(17)8-16-13-5-4-10(14)7-12(13)15/h4-5,7,11,16-17H,2-3,6,8-9H2,1H3. The molecule has 102 valence electrons. The first-order valence-electron chi connectivity index (χ1n) is 6.08. The highest BCUT2D eigenvalue weighted by Crippen LogP contribution is 2.18. The first-order chi connectivity index (χ1) is 8.63. The highest BCUT2D eigenvalue weighted by molar-refractivity contribution is 14.1. The Morgan fingerprint density at radius 2 is 2.28 bits per heavy atom. The highest BCUT2D eigenvalue weighted by Gasteiger charge is 2.06. The van der Waals surface area contributed by atoms with Crippen LogP contribution in [0.15, 0.2) is 18.2 Å². The van der Waals surface area contributed by atoms with Crippen LogP contribution in [0.1, 0.15) is 19.8 Å². The summed E-state index contributed by atoms with van der Waals surface area (Å²) >= 11 is 2.06. The van der Waals surface area contributed by atoms with Crippen molar-refractivity contribution in [3.8, 4) is 0 Å². The van der Waals surface area contributed by atoms with Crippen molar-refractivity contribution in [2.45, 2.75) is 25.9 Å². The fourth-order valence-electron chi connectivity index (χ4n) is 1.39. The maximum absolute atomic E-state index is 12.9. The molecule has 2 N–H and O–H groups in total. The van der Waals surface area contributed by atoms with Crippen molar-refractivity contribution in [3.63, 3.8) is 0 Å². The third-order valence-electron chi connectivity index (χ3n) is 2.41. The Bertz CT molecular complexity index is 363. The van der Waals surface area contributed by atoms with E-state index in [-0.39, 0.29) is 5.82 Å². The second-order valence-electron chi connectivity index (χ2n) is 4.09. The zero-order valence-corrected chi connectivity index (χ0v) is 12.6. The van der Waals surface area contributed by atoms with Crippen LogP contribution in [0, 0.1) is 9.39 Å². The number of halogens is 2. The second kappa shape index (κ2) is 8.66. The van der Waals surface area contributed by atoms with Gasteiger partial charge in [0, 0.05) is 22.4 Å². The monoisotopic (exact) mass is 367 g/mol.